The minimum Gasteiger partial charge on any atom is -0.255 e. The van der Waals surface area contributed by atoms with Crippen LogP contribution in [0.3, 0.4) is 0 Å². The van der Waals surface area contributed by atoms with E-state index in [2.05, 4.69) is 9.97 Å². The quantitative estimate of drug-likeness (QED) is 0.427. The van der Waals surface area contributed by atoms with Gasteiger partial charge in [-0.2, -0.15) is 0 Å². The summed E-state index contributed by atoms with van der Waals surface area (Å²) in [5.74, 6) is 0. The number of rotatable bonds is 3. The van der Waals surface area contributed by atoms with Gasteiger partial charge in [0.25, 0.3) is 0 Å². The number of nitrogens with zero attached hydrogens (tertiary/aromatic N) is 3. The van der Waals surface area contributed by atoms with Crippen molar-refractivity contribution in [2.75, 3.05) is 0 Å². The summed E-state index contributed by atoms with van der Waals surface area (Å²) in [5.41, 5.74) is 4.66. The maximum Gasteiger partial charge on any atom is 0.0900 e. The van der Waals surface area contributed by atoms with Crippen molar-refractivity contribution in [3.05, 3.63) is 89.2 Å². The Morgan fingerprint density at radius 3 is 1.58 bits per heavy atom. The van der Waals surface area contributed by atoms with Gasteiger partial charge in [-0.3, -0.25) is 9.97 Å². The van der Waals surface area contributed by atoms with Gasteiger partial charge in [0.1, 0.15) is 0 Å². The first-order valence-electron chi connectivity index (χ1n) is 8.01. The Morgan fingerprint density at radius 1 is 0.577 bits per heavy atom. The smallest absolute Gasteiger partial charge is 0.0900 e. The van der Waals surface area contributed by atoms with Crippen LogP contribution in [-0.2, 0) is 0 Å². The standard InChI is InChI=1S/C21H13Cl2N3/c22-15-6-5-7-16(23)21(15)14-12-19(17-8-1-3-10-24-17)26-20(13-14)18-9-2-4-11-25-18/h1-13H. The molecular weight excluding hydrogens is 365 g/mol. The van der Waals surface area contributed by atoms with Crippen molar-refractivity contribution in [3.8, 4) is 33.9 Å². The molecule has 3 heterocycles. The van der Waals surface area contributed by atoms with Gasteiger partial charge in [0, 0.05) is 28.0 Å². The summed E-state index contributed by atoms with van der Waals surface area (Å²) in [6, 6.07) is 20.8. The Morgan fingerprint density at radius 2 is 1.12 bits per heavy atom. The molecule has 0 radical (unpaired) electrons. The Kier molecular flexibility index (Phi) is 4.65. The number of pyridine rings is 3. The Balaban J connectivity index is 1.97. The highest BCUT2D eigenvalue weighted by molar-refractivity contribution is 6.39. The summed E-state index contributed by atoms with van der Waals surface area (Å²) >= 11 is 12.8. The summed E-state index contributed by atoms with van der Waals surface area (Å²) in [7, 11) is 0. The van der Waals surface area contributed by atoms with Crippen molar-refractivity contribution in [2.45, 2.75) is 0 Å². The topological polar surface area (TPSA) is 38.7 Å². The van der Waals surface area contributed by atoms with Gasteiger partial charge >= 0.3 is 0 Å². The molecule has 0 amide bonds. The van der Waals surface area contributed by atoms with Crippen molar-refractivity contribution >= 4 is 23.2 Å². The second-order valence-electron chi connectivity index (χ2n) is 5.65. The molecule has 4 aromatic rings. The van der Waals surface area contributed by atoms with E-state index >= 15 is 0 Å². The third-order valence-electron chi connectivity index (χ3n) is 3.93. The third-order valence-corrected chi connectivity index (χ3v) is 4.56. The zero-order chi connectivity index (χ0) is 17.9. The van der Waals surface area contributed by atoms with E-state index in [1.807, 2.05) is 66.7 Å². The fraction of sp³-hybridized carbons (Fsp3) is 0. The monoisotopic (exact) mass is 377 g/mol. The number of hydrogen-bond donors (Lipinski definition) is 0. The first-order valence-corrected chi connectivity index (χ1v) is 8.77. The van der Waals surface area contributed by atoms with Gasteiger partial charge in [-0.1, -0.05) is 41.4 Å². The molecular formula is C21H13Cl2N3. The lowest BCUT2D eigenvalue weighted by Crippen LogP contribution is -1.94. The summed E-state index contributed by atoms with van der Waals surface area (Å²) in [5, 5.41) is 1.17. The van der Waals surface area contributed by atoms with Gasteiger partial charge in [0.2, 0.25) is 0 Å². The van der Waals surface area contributed by atoms with Gasteiger partial charge in [-0.15, -0.1) is 0 Å². The lowest BCUT2D eigenvalue weighted by Gasteiger charge is -2.11. The van der Waals surface area contributed by atoms with Crippen molar-refractivity contribution in [1.29, 1.82) is 0 Å². The van der Waals surface area contributed by atoms with Crippen LogP contribution in [0.5, 0.6) is 0 Å². The van der Waals surface area contributed by atoms with E-state index in [0.717, 1.165) is 33.9 Å². The van der Waals surface area contributed by atoms with Crippen LogP contribution in [0.1, 0.15) is 0 Å². The fourth-order valence-electron chi connectivity index (χ4n) is 2.74. The predicted octanol–water partition coefficient (Wildman–Crippen LogP) is 6.18. The SMILES string of the molecule is Clc1cccc(Cl)c1-c1cc(-c2ccccn2)nc(-c2ccccn2)c1. The van der Waals surface area contributed by atoms with Crippen molar-refractivity contribution < 1.29 is 0 Å². The number of aromatic nitrogens is 3. The molecule has 0 saturated heterocycles. The van der Waals surface area contributed by atoms with Crippen LogP contribution in [0.25, 0.3) is 33.9 Å². The average molecular weight is 378 g/mol. The summed E-state index contributed by atoms with van der Waals surface area (Å²) in [6.45, 7) is 0. The second kappa shape index (κ2) is 7.24. The molecule has 4 rings (SSSR count). The Labute approximate surface area is 161 Å². The number of benzene rings is 1. The van der Waals surface area contributed by atoms with Crippen LogP contribution in [0.15, 0.2) is 79.1 Å². The average Bonchev–Trinajstić information content (AvgIpc) is 2.69. The Bertz CT molecular complexity index is 973. The largest absolute Gasteiger partial charge is 0.255 e. The molecule has 0 N–H and O–H groups in total. The molecule has 0 spiro atoms. The normalized spacial score (nSPS) is 10.7. The molecule has 0 bridgehead atoms. The van der Waals surface area contributed by atoms with Crippen LogP contribution in [0.4, 0.5) is 0 Å². The Hall–Kier alpha value is -2.75. The minimum atomic E-state index is 0.586. The second-order valence-corrected chi connectivity index (χ2v) is 6.47. The van der Waals surface area contributed by atoms with Crippen LogP contribution in [0.2, 0.25) is 10.0 Å². The van der Waals surface area contributed by atoms with Crippen LogP contribution in [0, 0.1) is 0 Å². The maximum atomic E-state index is 6.42. The molecule has 0 fully saturated rings. The highest BCUT2D eigenvalue weighted by Crippen LogP contribution is 2.37. The van der Waals surface area contributed by atoms with E-state index < -0.39 is 0 Å². The van der Waals surface area contributed by atoms with E-state index in [1.165, 1.54) is 0 Å². The van der Waals surface area contributed by atoms with E-state index in [4.69, 9.17) is 28.2 Å². The van der Waals surface area contributed by atoms with Crippen LogP contribution >= 0.6 is 23.2 Å². The first kappa shape index (κ1) is 16.7. The molecule has 3 nitrogen and oxygen atoms in total. The van der Waals surface area contributed by atoms with E-state index in [0.29, 0.717) is 10.0 Å². The molecule has 1 aromatic carbocycles. The lowest BCUT2D eigenvalue weighted by atomic mass is 10.0. The molecule has 0 saturated carbocycles. The van der Waals surface area contributed by atoms with Crippen molar-refractivity contribution in [3.63, 3.8) is 0 Å². The van der Waals surface area contributed by atoms with Crippen LogP contribution in [-0.4, -0.2) is 15.0 Å². The van der Waals surface area contributed by atoms with Gasteiger partial charge in [0.05, 0.1) is 22.8 Å². The predicted molar refractivity (Wildman–Crippen MR) is 106 cm³/mol. The third kappa shape index (κ3) is 3.32. The zero-order valence-electron chi connectivity index (χ0n) is 13.6. The van der Waals surface area contributed by atoms with Crippen LogP contribution < -0.4 is 0 Å². The van der Waals surface area contributed by atoms with Crippen molar-refractivity contribution in [2.24, 2.45) is 0 Å². The first-order chi connectivity index (χ1) is 12.7. The summed E-state index contributed by atoms with van der Waals surface area (Å²) in [4.78, 5) is 13.6. The molecule has 0 aliphatic heterocycles. The fourth-order valence-corrected chi connectivity index (χ4v) is 3.36. The van der Waals surface area contributed by atoms with E-state index in [-0.39, 0.29) is 0 Å². The molecule has 126 valence electrons. The van der Waals surface area contributed by atoms with Crippen molar-refractivity contribution in [1.82, 2.24) is 15.0 Å². The number of halogens is 2. The zero-order valence-corrected chi connectivity index (χ0v) is 15.1. The lowest BCUT2D eigenvalue weighted by molar-refractivity contribution is 1.22. The number of hydrogen-bond acceptors (Lipinski definition) is 3. The summed E-state index contributed by atoms with van der Waals surface area (Å²) in [6.07, 6.45) is 3.49. The summed E-state index contributed by atoms with van der Waals surface area (Å²) < 4.78 is 0. The highest BCUT2D eigenvalue weighted by atomic mass is 35.5. The highest BCUT2D eigenvalue weighted by Gasteiger charge is 2.14. The molecule has 26 heavy (non-hydrogen) atoms. The van der Waals surface area contributed by atoms with Gasteiger partial charge in [0.15, 0.2) is 0 Å². The molecule has 5 heteroatoms. The van der Waals surface area contributed by atoms with Gasteiger partial charge in [-0.05, 0) is 54.1 Å². The minimum absolute atomic E-state index is 0.586. The van der Waals surface area contributed by atoms with E-state index in [9.17, 15) is 0 Å². The molecule has 0 unspecified atom stereocenters. The molecule has 0 aliphatic carbocycles. The molecule has 0 aliphatic rings. The van der Waals surface area contributed by atoms with Gasteiger partial charge in [-0.25, -0.2) is 4.98 Å². The molecule has 0 atom stereocenters. The molecule has 3 aromatic heterocycles. The van der Waals surface area contributed by atoms with Gasteiger partial charge < -0.3 is 0 Å². The maximum absolute atomic E-state index is 6.42. The van der Waals surface area contributed by atoms with E-state index in [1.54, 1.807) is 12.4 Å².